The van der Waals surface area contributed by atoms with Crippen LogP contribution in [0.5, 0.6) is 5.75 Å². The van der Waals surface area contributed by atoms with E-state index in [0.717, 1.165) is 13.1 Å². The minimum atomic E-state index is -0.636. The number of nitrogens with zero attached hydrogens (tertiary/aromatic N) is 2. The number of hydrogen-bond donors (Lipinski definition) is 2. The van der Waals surface area contributed by atoms with Crippen molar-refractivity contribution in [3.8, 4) is 5.75 Å². The van der Waals surface area contributed by atoms with Crippen molar-refractivity contribution in [2.24, 2.45) is 0 Å². The van der Waals surface area contributed by atoms with E-state index in [1.54, 1.807) is 17.9 Å². The Bertz CT molecular complexity index is 522. The van der Waals surface area contributed by atoms with Gasteiger partial charge < -0.3 is 20.2 Å². The van der Waals surface area contributed by atoms with Gasteiger partial charge in [-0.3, -0.25) is 9.59 Å². The maximum atomic E-state index is 12.0. The Morgan fingerprint density at radius 1 is 1.20 bits per heavy atom. The second-order valence-corrected chi connectivity index (χ2v) is 5.05. The van der Waals surface area contributed by atoms with Crippen molar-refractivity contribution < 1.29 is 14.7 Å². The van der Waals surface area contributed by atoms with Gasteiger partial charge in [0.15, 0.2) is 0 Å². The van der Waals surface area contributed by atoms with Crippen LogP contribution in [0.15, 0.2) is 18.2 Å². The maximum Gasteiger partial charge on any atom is 0.313 e. The van der Waals surface area contributed by atoms with Crippen molar-refractivity contribution in [2.45, 2.75) is 6.92 Å². The second kappa shape index (κ2) is 5.92. The highest BCUT2D eigenvalue weighted by molar-refractivity contribution is 6.39. The van der Waals surface area contributed by atoms with Gasteiger partial charge in [0.25, 0.3) is 0 Å². The van der Waals surface area contributed by atoms with Crippen LogP contribution in [-0.2, 0) is 9.59 Å². The Hall–Kier alpha value is -2.08. The molecule has 1 aromatic rings. The highest BCUT2D eigenvalue weighted by Gasteiger charge is 2.25. The van der Waals surface area contributed by atoms with Crippen LogP contribution in [0.4, 0.5) is 5.69 Å². The Kier molecular flexibility index (Phi) is 4.24. The number of aryl methyl sites for hydroxylation is 1. The molecule has 1 aliphatic heterocycles. The number of hydrogen-bond acceptors (Lipinski definition) is 4. The minimum absolute atomic E-state index is 0.130. The van der Waals surface area contributed by atoms with Crippen LogP contribution in [-0.4, -0.2) is 59.9 Å². The van der Waals surface area contributed by atoms with Crippen molar-refractivity contribution in [3.63, 3.8) is 0 Å². The van der Waals surface area contributed by atoms with Gasteiger partial charge in [-0.1, -0.05) is 0 Å². The van der Waals surface area contributed by atoms with Gasteiger partial charge in [-0.2, -0.15) is 0 Å². The molecule has 0 atom stereocenters. The van der Waals surface area contributed by atoms with Crippen LogP contribution in [0.3, 0.4) is 0 Å². The van der Waals surface area contributed by atoms with Gasteiger partial charge in [-0.15, -0.1) is 0 Å². The summed E-state index contributed by atoms with van der Waals surface area (Å²) in [6.07, 6.45) is 0. The number of amides is 2. The average molecular weight is 277 g/mol. The van der Waals surface area contributed by atoms with Gasteiger partial charge in [0.1, 0.15) is 5.75 Å². The number of aromatic hydroxyl groups is 1. The van der Waals surface area contributed by atoms with Crippen LogP contribution < -0.4 is 5.32 Å². The number of phenols is 1. The number of nitrogens with one attached hydrogen (secondary N) is 1. The van der Waals surface area contributed by atoms with Gasteiger partial charge in [-0.25, -0.2) is 0 Å². The summed E-state index contributed by atoms with van der Waals surface area (Å²) in [4.78, 5) is 27.7. The predicted molar refractivity (Wildman–Crippen MR) is 75.6 cm³/mol. The minimum Gasteiger partial charge on any atom is -0.508 e. The molecule has 1 saturated heterocycles. The molecule has 0 unspecified atom stereocenters. The smallest absolute Gasteiger partial charge is 0.313 e. The molecule has 1 aromatic carbocycles. The number of benzene rings is 1. The lowest BCUT2D eigenvalue weighted by atomic mass is 10.2. The number of piperazine rings is 1. The van der Waals surface area contributed by atoms with Crippen LogP contribution in [0.2, 0.25) is 0 Å². The van der Waals surface area contributed by atoms with Crippen LogP contribution in [0.1, 0.15) is 5.56 Å². The summed E-state index contributed by atoms with van der Waals surface area (Å²) in [6, 6.07) is 4.60. The summed E-state index contributed by atoms with van der Waals surface area (Å²) in [6.45, 7) is 4.44. The molecule has 6 heteroatoms. The van der Waals surface area contributed by atoms with E-state index in [1.165, 1.54) is 12.1 Å². The monoisotopic (exact) mass is 277 g/mol. The molecular weight excluding hydrogens is 258 g/mol. The molecule has 2 rings (SSSR count). The molecule has 1 aliphatic rings. The molecule has 0 spiro atoms. The van der Waals surface area contributed by atoms with E-state index in [0.29, 0.717) is 24.3 Å². The lowest BCUT2D eigenvalue weighted by Gasteiger charge is -2.31. The summed E-state index contributed by atoms with van der Waals surface area (Å²) in [5.41, 5.74) is 1.25. The molecule has 2 amide bonds. The van der Waals surface area contributed by atoms with Gasteiger partial charge in [0, 0.05) is 31.9 Å². The zero-order chi connectivity index (χ0) is 14.7. The van der Waals surface area contributed by atoms with E-state index in [9.17, 15) is 14.7 Å². The lowest BCUT2D eigenvalue weighted by Crippen LogP contribution is -2.50. The number of carbonyl (C=O) groups is 2. The quantitative estimate of drug-likeness (QED) is 0.576. The fourth-order valence-electron chi connectivity index (χ4n) is 2.12. The SMILES string of the molecule is Cc1cc(O)ccc1NC(=O)C(=O)N1CCN(C)CC1. The van der Waals surface area contributed by atoms with Gasteiger partial charge in [0.2, 0.25) is 0 Å². The number of anilines is 1. The highest BCUT2D eigenvalue weighted by atomic mass is 16.3. The standard InChI is InChI=1S/C14H19N3O3/c1-10-9-11(18)3-4-12(10)15-13(19)14(20)17-7-5-16(2)6-8-17/h3-4,9,18H,5-8H2,1-2H3,(H,15,19). The van der Waals surface area contributed by atoms with E-state index in [2.05, 4.69) is 10.2 Å². The molecular formula is C14H19N3O3. The van der Waals surface area contributed by atoms with E-state index >= 15 is 0 Å². The molecule has 0 aromatic heterocycles. The number of phenolic OH excluding ortho intramolecular Hbond substituents is 1. The lowest BCUT2D eigenvalue weighted by molar-refractivity contribution is -0.144. The van der Waals surface area contributed by atoms with Crippen LogP contribution >= 0.6 is 0 Å². The first kappa shape index (κ1) is 14.3. The Balaban J connectivity index is 1.99. The number of likely N-dealkylation sites (N-methyl/N-ethyl adjacent to an activating group) is 1. The molecule has 1 heterocycles. The zero-order valence-corrected chi connectivity index (χ0v) is 11.7. The van der Waals surface area contributed by atoms with Crippen molar-refractivity contribution in [1.29, 1.82) is 0 Å². The molecule has 0 radical (unpaired) electrons. The molecule has 108 valence electrons. The van der Waals surface area contributed by atoms with Crippen LogP contribution in [0, 0.1) is 6.92 Å². The Morgan fingerprint density at radius 2 is 1.85 bits per heavy atom. The molecule has 2 N–H and O–H groups in total. The molecule has 0 saturated carbocycles. The topological polar surface area (TPSA) is 72.9 Å². The third-order valence-electron chi connectivity index (χ3n) is 3.44. The number of rotatable bonds is 1. The molecule has 0 bridgehead atoms. The molecule has 6 nitrogen and oxygen atoms in total. The van der Waals surface area contributed by atoms with E-state index < -0.39 is 11.8 Å². The number of carbonyl (C=O) groups excluding carboxylic acids is 2. The fraction of sp³-hybridized carbons (Fsp3) is 0.429. The third-order valence-corrected chi connectivity index (χ3v) is 3.44. The fourth-order valence-corrected chi connectivity index (χ4v) is 2.12. The van der Waals surface area contributed by atoms with Gasteiger partial charge >= 0.3 is 11.8 Å². The Labute approximate surface area is 118 Å². The summed E-state index contributed by atoms with van der Waals surface area (Å²) in [5.74, 6) is -1.01. The highest BCUT2D eigenvalue weighted by Crippen LogP contribution is 2.20. The predicted octanol–water partition coefficient (Wildman–Crippen LogP) is 0.413. The van der Waals surface area contributed by atoms with Gasteiger partial charge in [-0.05, 0) is 37.7 Å². The van der Waals surface area contributed by atoms with E-state index in [-0.39, 0.29) is 5.75 Å². The van der Waals surface area contributed by atoms with Gasteiger partial charge in [0.05, 0.1) is 0 Å². The maximum absolute atomic E-state index is 12.0. The summed E-state index contributed by atoms with van der Waals surface area (Å²) in [7, 11) is 1.99. The first-order valence-electron chi connectivity index (χ1n) is 6.56. The summed E-state index contributed by atoms with van der Waals surface area (Å²) >= 11 is 0. The molecule has 1 fully saturated rings. The zero-order valence-electron chi connectivity index (χ0n) is 11.7. The van der Waals surface area contributed by atoms with Crippen molar-refractivity contribution in [2.75, 3.05) is 38.5 Å². The molecule has 0 aliphatic carbocycles. The third kappa shape index (κ3) is 3.27. The largest absolute Gasteiger partial charge is 0.508 e. The normalized spacial score (nSPS) is 16.0. The molecule has 20 heavy (non-hydrogen) atoms. The first-order chi connectivity index (χ1) is 9.47. The van der Waals surface area contributed by atoms with Crippen molar-refractivity contribution >= 4 is 17.5 Å². The van der Waals surface area contributed by atoms with E-state index in [1.807, 2.05) is 7.05 Å². The Morgan fingerprint density at radius 3 is 2.45 bits per heavy atom. The van der Waals surface area contributed by atoms with Crippen molar-refractivity contribution in [1.82, 2.24) is 9.80 Å². The summed E-state index contributed by atoms with van der Waals surface area (Å²) in [5, 5.41) is 11.9. The summed E-state index contributed by atoms with van der Waals surface area (Å²) < 4.78 is 0. The van der Waals surface area contributed by atoms with E-state index in [4.69, 9.17) is 0 Å². The first-order valence-corrected chi connectivity index (χ1v) is 6.56. The van der Waals surface area contributed by atoms with Crippen LogP contribution in [0.25, 0.3) is 0 Å². The van der Waals surface area contributed by atoms with Crippen molar-refractivity contribution in [3.05, 3.63) is 23.8 Å². The second-order valence-electron chi connectivity index (χ2n) is 5.05. The average Bonchev–Trinajstić information content (AvgIpc) is 2.42.